The number of anilines is 1. The fourth-order valence-corrected chi connectivity index (χ4v) is 2.67. The number of nitrogen functional groups attached to an aromatic ring is 1. The van der Waals surface area contributed by atoms with E-state index in [1.807, 2.05) is 24.4 Å². The molecule has 4 rings (SSSR count). The van der Waals surface area contributed by atoms with Crippen molar-refractivity contribution in [1.29, 1.82) is 0 Å². The van der Waals surface area contributed by atoms with Gasteiger partial charge < -0.3 is 16.0 Å². The Bertz CT molecular complexity index is 1010. The first-order chi connectivity index (χ1) is 11.2. The second-order valence-corrected chi connectivity index (χ2v) is 5.45. The van der Waals surface area contributed by atoms with Crippen LogP contribution in [-0.4, -0.2) is 21.1 Å². The molecule has 0 saturated heterocycles. The lowest BCUT2D eigenvalue weighted by Gasteiger charge is -2.06. The number of hydrogen-bond donors (Lipinski definition) is 4. The molecule has 0 aliphatic heterocycles. The first-order valence-corrected chi connectivity index (χ1v) is 7.28. The van der Waals surface area contributed by atoms with E-state index in [9.17, 15) is 4.79 Å². The summed E-state index contributed by atoms with van der Waals surface area (Å²) in [4.78, 5) is 15.5. The molecule has 0 aliphatic carbocycles. The summed E-state index contributed by atoms with van der Waals surface area (Å²) in [6.07, 6.45) is 1.90. The fourth-order valence-electron chi connectivity index (χ4n) is 2.67. The van der Waals surface area contributed by atoms with E-state index >= 15 is 0 Å². The van der Waals surface area contributed by atoms with Gasteiger partial charge in [-0.3, -0.25) is 9.89 Å². The number of nitrogens with two attached hydrogens (primary N) is 1. The van der Waals surface area contributed by atoms with Crippen molar-refractivity contribution in [2.45, 2.75) is 6.54 Å². The molecule has 23 heavy (non-hydrogen) atoms. The lowest BCUT2D eigenvalue weighted by Crippen LogP contribution is -2.22. The van der Waals surface area contributed by atoms with E-state index in [-0.39, 0.29) is 5.91 Å². The molecule has 6 heteroatoms. The number of nitrogens with one attached hydrogen (secondary N) is 3. The van der Waals surface area contributed by atoms with E-state index in [4.69, 9.17) is 5.73 Å². The first kappa shape index (κ1) is 13.4. The predicted molar refractivity (Wildman–Crippen MR) is 90.0 cm³/mol. The molecule has 0 radical (unpaired) electrons. The van der Waals surface area contributed by atoms with Crippen molar-refractivity contribution in [3.8, 4) is 0 Å². The van der Waals surface area contributed by atoms with Crippen molar-refractivity contribution in [2.24, 2.45) is 0 Å². The summed E-state index contributed by atoms with van der Waals surface area (Å²) in [5.41, 5.74) is 9.29. The second-order valence-electron chi connectivity index (χ2n) is 5.45. The third kappa shape index (κ3) is 2.40. The minimum absolute atomic E-state index is 0.137. The van der Waals surface area contributed by atoms with E-state index in [1.54, 1.807) is 18.2 Å². The standard InChI is InChI=1S/C17H15N5O/c18-16-13-8-12(2-4-15(13)21-22-16)17(23)20-9-10-1-3-14-11(7-10)5-6-19-14/h1-8,19H,9H2,(H,20,23)(H3,18,21,22). The van der Waals surface area contributed by atoms with Crippen LogP contribution in [0.15, 0.2) is 48.7 Å². The highest BCUT2D eigenvalue weighted by molar-refractivity contribution is 6.00. The summed E-state index contributed by atoms with van der Waals surface area (Å²) < 4.78 is 0. The van der Waals surface area contributed by atoms with Crippen LogP contribution in [-0.2, 0) is 6.54 Å². The molecule has 2 heterocycles. The number of carbonyl (C=O) groups is 1. The van der Waals surface area contributed by atoms with Crippen LogP contribution in [0, 0.1) is 0 Å². The Balaban J connectivity index is 1.52. The lowest BCUT2D eigenvalue weighted by molar-refractivity contribution is 0.0951. The van der Waals surface area contributed by atoms with Crippen LogP contribution in [0.3, 0.4) is 0 Å². The maximum Gasteiger partial charge on any atom is 0.251 e. The molecule has 0 fully saturated rings. The van der Waals surface area contributed by atoms with Crippen molar-refractivity contribution >= 4 is 33.5 Å². The zero-order valence-corrected chi connectivity index (χ0v) is 12.3. The van der Waals surface area contributed by atoms with E-state index < -0.39 is 0 Å². The number of fused-ring (bicyclic) bond motifs is 2. The van der Waals surface area contributed by atoms with Gasteiger partial charge in [0, 0.05) is 29.2 Å². The predicted octanol–water partition coefficient (Wildman–Crippen LogP) is 2.56. The van der Waals surface area contributed by atoms with Crippen molar-refractivity contribution in [1.82, 2.24) is 20.5 Å². The van der Waals surface area contributed by atoms with Crippen molar-refractivity contribution < 1.29 is 4.79 Å². The Kier molecular flexibility index (Phi) is 3.01. The number of hydrogen-bond acceptors (Lipinski definition) is 3. The molecule has 114 valence electrons. The normalized spacial score (nSPS) is 11.1. The van der Waals surface area contributed by atoms with Crippen LogP contribution in [0.1, 0.15) is 15.9 Å². The average molecular weight is 305 g/mol. The topological polar surface area (TPSA) is 99.6 Å². The Hall–Kier alpha value is -3.28. The summed E-state index contributed by atoms with van der Waals surface area (Å²) in [7, 11) is 0. The van der Waals surface area contributed by atoms with Crippen LogP contribution in [0.25, 0.3) is 21.8 Å². The Labute approximate surface area is 131 Å². The monoisotopic (exact) mass is 305 g/mol. The lowest BCUT2D eigenvalue weighted by atomic mass is 10.1. The zero-order chi connectivity index (χ0) is 15.8. The molecule has 5 N–H and O–H groups in total. The van der Waals surface area contributed by atoms with E-state index in [0.717, 1.165) is 27.4 Å². The quantitative estimate of drug-likeness (QED) is 0.468. The van der Waals surface area contributed by atoms with Crippen LogP contribution in [0.5, 0.6) is 0 Å². The summed E-state index contributed by atoms with van der Waals surface area (Å²) >= 11 is 0. The molecular weight excluding hydrogens is 290 g/mol. The van der Waals surface area contributed by atoms with Gasteiger partial charge in [-0.25, -0.2) is 0 Å². The number of aromatic amines is 2. The Morgan fingerprint density at radius 2 is 2.00 bits per heavy atom. The Morgan fingerprint density at radius 3 is 2.91 bits per heavy atom. The van der Waals surface area contributed by atoms with Gasteiger partial charge >= 0.3 is 0 Å². The number of H-pyrrole nitrogens is 2. The number of amides is 1. The summed E-state index contributed by atoms with van der Waals surface area (Å²) in [6, 6.07) is 13.4. The van der Waals surface area contributed by atoms with Crippen LogP contribution < -0.4 is 11.1 Å². The third-order valence-corrected chi connectivity index (χ3v) is 3.93. The van der Waals surface area contributed by atoms with Gasteiger partial charge in [-0.1, -0.05) is 6.07 Å². The van der Waals surface area contributed by atoms with Gasteiger partial charge in [0.05, 0.1) is 5.52 Å². The molecular formula is C17H15N5O. The maximum atomic E-state index is 12.3. The number of benzene rings is 2. The fraction of sp³-hybridized carbons (Fsp3) is 0.0588. The SMILES string of the molecule is Nc1n[nH]c2ccc(C(=O)NCc3ccc4[nH]ccc4c3)cc12. The highest BCUT2D eigenvalue weighted by Crippen LogP contribution is 2.19. The summed E-state index contributed by atoms with van der Waals surface area (Å²) in [5.74, 6) is 0.259. The molecule has 0 bridgehead atoms. The molecule has 0 aliphatic rings. The molecule has 0 saturated carbocycles. The highest BCUT2D eigenvalue weighted by Gasteiger charge is 2.09. The average Bonchev–Trinajstić information content (AvgIpc) is 3.18. The number of nitrogens with zero attached hydrogens (tertiary/aromatic N) is 1. The number of rotatable bonds is 3. The third-order valence-electron chi connectivity index (χ3n) is 3.93. The smallest absolute Gasteiger partial charge is 0.251 e. The second kappa shape index (κ2) is 5.17. The largest absolute Gasteiger partial charge is 0.382 e. The van der Waals surface area contributed by atoms with Crippen LogP contribution in [0.2, 0.25) is 0 Å². The van der Waals surface area contributed by atoms with Gasteiger partial charge in [-0.2, -0.15) is 5.10 Å². The highest BCUT2D eigenvalue weighted by atomic mass is 16.1. The Morgan fingerprint density at radius 1 is 1.13 bits per heavy atom. The maximum absolute atomic E-state index is 12.3. The van der Waals surface area contributed by atoms with Gasteiger partial charge in [0.1, 0.15) is 0 Å². The van der Waals surface area contributed by atoms with Crippen molar-refractivity contribution in [2.75, 3.05) is 5.73 Å². The number of aromatic nitrogens is 3. The van der Waals surface area contributed by atoms with Gasteiger partial charge in [0.25, 0.3) is 5.91 Å². The molecule has 6 nitrogen and oxygen atoms in total. The van der Waals surface area contributed by atoms with Gasteiger partial charge in [-0.15, -0.1) is 0 Å². The van der Waals surface area contributed by atoms with Crippen LogP contribution in [0.4, 0.5) is 5.82 Å². The molecule has 0 atom stereocenters. The molecule has 2 aromatic heterocycles. The molecule has 2 aromatic carbocycles. The van der Waals surface area contributed by atoms with E-state index in [0.29, 0.717) is 17.9 Å². The molecule has 4 aromatic rings. The summed E-state index contributed by atoms with van der Waals surface area (Å²) in [6.45, 7) is 0.471. The van der Waals surface area contributed by atoms with E-state index in [2.05, 4.69) is 26.6 Å². The minimum atomic E-state index is -0.137. The first-order valence-electron chi connectivity index (χ1n) is 7.28. The molecule has 0 unspecified atom stereocenters. The molecule has 0 spiro atoms. The van der Waals surface area contributed by atoms with Crippen molar-refractivity contribution in [3.05, 3.63) is 59.8 Å². The van der Waals surface area contributed by atoms with Gasteiger partial charge in [0.2, 0.25) is 0 Å². The van der Waals surface area contributed by atoms with E-state index in [1.165, 1.54) is 0 Å². The number of carbonyl (C=O) groups excluding carboxylic acids is 1. The van der Waals surface area contributed by atoms with Gasteiger partial charge in [-0.05, 0) is 47.3 Å². The summed E-state index contributed by atoms with van der Waals surface area (Å²) in [5, 5.41) is 11.6. The molecule has 1 amide bonds. The van der Waals surface area contributed by atoms with Gasteiger partial charge in [0.15, 0.2) is 5.82 Å². The van der Waals surface area contributed by atoms with Crippen LogP contribution >= 0.6 is 0 Å². The minimum Gasteiger partial charge on any atom is -0.382 e. The zero-order valence-electron chi connectivity index (χ0n) is 12.3. The van der Waals surface area contributed by atoms with Crippen molar-refractivity contribution in [3.63, 3.8) is 0 Å².